The van der Waals surface area contributed by atoms with Crippen LogP contribution in [0, 0.1) is 5.92 Å². The highest BCUT2D eigenvalue weighted by Crippen LogP contribution is 2.14. The van der Waals surface area contributed by atoms with Crippen LogP contribution < -0.4 is 0 Å². The average molecular weight is 171 g/mol. The maximum Gasteiger partial charge on any atom is 0.115 e. The minimum absolute atomic E-state index is 0.586. The van der Waals surface area contributed by atoms with Crippen molar-refractivity contribution in [2.75, 3.05) is 0 Å². The number of hydrogen-bond acceptors (Lipinski definition) is 2. The van der Waals surface area contributed by atoms with E-state index in [9.17, 15) is 0 Å². The Balaban J connectivity index is 2.78. The zero-order valence-electron chi connectivity index (χ0n) is 6.71. The predicted octanol–water partition coefficient (Wildman–Crippen LogP) is 2.33. The van der Waals surface area contributed by atoms with Gasteiger partial charge >= 0.3 is 0 Å². The summed E-state index contributed by atoms with van der Waals surface area (Å²) in [6, 6.07) is 0. The molecule has 0 saturated heterocycles. The van der Waals surface area contributed by atoms with Crippen LogP contribution in [-0.4, -0.2) is 9.97 Å². The van der Waals surface area contributed by atoms with Gasteiger partial charge in [0.1, 0.15) is 6.33 Å². The first-order chi connectivity index (χ1) is 5.20. The van der Waals surface area contributed by atoms with Crippen LogP contribution in [0.5, 0.6) is 0 Å². The lowest BCUT2D eigenvalue weighted by Crippen LogP contribution is -1.98. The van der Waals surface area contributed by atoms with E-state index in [0.29, 0.717) is 10.9 Å². The fraction of sp³-hybridized carbons (Fsp3) is 0.500. The van der Waals surface area contributed by atoms with E-state index in [0.717, 1.165) is 12.1 Å². The van der Waals surface area contributed by atoms with Crippen molar-refractivity contribution in [3.05, 3.63) is 23.2 Å². The molecule has 1 rings (SSSR count). The molecule has 3 heteroatoms. The summed E-state index contributed by atoms with van der Waals surface area (Å²) in [5.74, 6) is 0.586. The molecular weight excluding hydrogens is 160 g/mol. The molecule has 0 N–H and O–H groups in total. The topological polar surface area (TPSA) is 25.8 Å². The smallest absolute Gasteiger partial charge is 0.115 e. The Morgan fingerprint density at radius 2 is 2.27 bits per heavy atom. The van der Waals surface area contributed by atoms with Crippen LogP contribution in [0.2, 0.25) is 5.02 Å². The van der Waals surface area contributed by atoms with Gasteiger partial charge in [-0.3, -0.25) is 0 Å². The Morgan fingerprint density at radius 1 is 1.55 bits per heavy atom. The van der Waals surface area contributed by atoms with Crippen molar-refractivity contribution in [3.63, 3.8) is 0 Å². The van der Waals surface area contributed by atoms with E-state index in [4.69, 9.17) is 11.6 Å². The molecule has 60 valence electrons. The van der Waals surface area contributed by atoms with E-state index in [-0.39, 0.29) is 0 Å². The number of hydrogen-bond donors (Lipinski definition) is 0. The molecule has 2 nitrogen and oxygen atoms in total. The first-order valence-electron chi connectivity index (χ1n) is 3.64. The highest BCUT2D eigenvalue weighted by Gasteiger charge is 2.02. The Kier molecular flexibility index (Phi) is 2.83. The lowest BCUT2D eigenvalue weighted by atomic mass is 10.1. The van der Waals surface area contributed by atoms with E-state index in [1.54, 1.807) is 6.20 Å². The molecule has 0 aliphatic rings. The molecule has 0 amide bonds. The largest absolute Gasteiger partial charge is 0.243 e. The van der Waals surface area contributed by atoms with Gasteiger partial charge in [-0.2, -0.15) is 0 Å². The van der Waals surface area contributed by atoms with Gasteiger partial charge in [-0.15, -0.1) is 0 Å². The summed E-state index contributed by atoms with van der Waals surface area (Å²) in [5.41, 5.74) is 0.941. The number of nitrogens with zero attached hydrogens (tertiary/aromatic N) is 2. The summed E-state index contributed by atoms with van der Waals surface area (Å²) in [6.07, 6.45) is 4.08. The van der Waals surface area contributed by atoms with Gasteiger partial charge in [-0.1, -0.05) is 25.4 Å². The molecule has 1 aromatic rings. The standard InChI is InChI=1S/C8H11ClN2/c1-6(2)3-8-7(9)4-10-5-11-8/h4-6H,3H2,1-2H3. The van der Waals surface area contributed by atoms with Crippen LogP contribution >= 0.6 is 11.6 Å². The molecule has 0 saturated carbocycles. The Morgan fingerprint density at radius 3 is 2.82 bits per heavy atom. The van der Waals surface area contributed by atoms with E-state index in [1.807, 2.05) is 0 Å². The fourth-order valence-corrected chi connectivity index (χ4v) is 1.06. The highest BCUT2D eigenvalue weighted by atomic mass is 35.5. The number of halogens is 1. The van der Waals surface area contributed by atoms with Crippen molar-refractivity contribution in [3.8, 4) is 0 Å². The third-order valence-corrected chi connectivity index (χ3v) is 1.66. The second kappa shape index (κ2) is 3.67. The highest BCUT2D eigenvalue weighted by molar-refractivity contribution is 6.31. The summed E-state index contributed by atoms with van der Waals surface area (Å²) >= 11 is 5.84. The van der Waals surface area contributed by atoms with Gasteiger partial charge < -0.3 is 0 Å². The molecule has 11 heavy (non-hydrogen) atoms. The first-order valence-corrected chi connectivity index (χ1v) is 4.02. The zero-order chi connectivity index (χ0) is 8.27. The van der Waals surface area contributed by atoms with Crippen LogP contribution in [0.4, 0.5) is 0 Å². The second-order valence-corrected chi connectivity index (χ2v) is 3.32. The van der Waals surface area contributed by atoms with Crippen LogP contribution in [0.3, 0.4) is 0 Å². The van der Waals surface area contributed by atoms with E-state index in [2.05, 4.69) is 23.8 Å². The Bertz CT molecular complexity index is 235. The molecule has 0 aliphatic carbocycles. The van der Waals surface area contributed by atoms with Crippen LogP contribution in [0.15, 0.2) is 12.5 Å². The maximum absolute atomic E-state index is 5.84. The van der Waals surface area contributed by atoms with Gasteiger partial charge in [0, 0.05) is 6.20 Å². The monoisotopic (exact) mass is 170 g/mol. The summed E-state index contributed by atoms with van der Waals surface area (Å²) in [6.45, 7) is 4.27. The van der Waals surface area contributed by atoms with Gasteiger partial charge in [-0.05, 0) is 12.3 Å². The summed E-state index contributed by atoms with van der Waals surface area (Å²) in [4.78, 5) is 7.88. The minimum atomic E-state index is 0.586. The van der Waals surface area contributed by atoms with Crippen LogP contribution in [0.25, 0.3) is 0 Å². The van der Waals surface area contributed by atoms with Gasteiger partial charge in [0.25, 0.3) is 0 Å². The van der Waals surface area contributed by atoms with Crippen molar-refractivity contribution < 1.29 is 0 Å². The van der Waals surface area contributed by atoms with Gasteiger partial charge in [0.15, 0.2) is 0 Å². The molecule has 0 spiro atoms. The van der Waals surface area contributed by atoms with Gasteiger partial charge in [0.2, 0.25) is 0 Å². The number of rotatable bonds is 2. The van der Waals surface area contributed by atoms with Crippen LogP contribution in [0.1, 0.15) is 19.5 Å². The van der Waals surface area contributed by atoms with Gasteiger partial charge in [-0.25, -0.2) is 9.97 Å². The predicted molar refractivity (Wildman–Crippen MR) is 45.6 cm³/mol. The van der Waals surface area contributed by atoms with E-state index < -0.39 is 0 Å². The molecule has 0 bridgehead atoms. The summed E-state index contributed by atoms with van der Waals surface area (Å²) < 4.78 is 0. The molecule has 0 radical (unpaired) electrons. The van der Waals surface area contributed by atoms with Crippen molar-refractivity contribution in [2.24, 2.45) is 5.92 Å². The maximum atomic E-state index is 5.84. The Hall–Kier alpha value is -0.630. The van der Waals surface area contributed by atoms with E-state index >= 15 is 0 Å². The lowest BCUT2D eigenvalue weighted by Gasteiger charge is -2.03. The first kappa shape index (κ1) is 8.47. The third kappa shape index (κ3) is 2.46. The molecule has 0 aromatic carbocycles. The fourth-order valence-electron chi connectivity index (χ4n) is 0.875. The third-order valence-electron chi connectivity index (χ3n) is 1.35. The van der Waals surface area contributed by atoms with Crippen molar-refractivity contribution in [1.82, 2.24) is 9.97 Å². The molecule has 1 aromatic heterocycles. The van der Waals surface area contributed by atoms with Crippen LogP contribution in [-0.2, 0) is 6.42 Å². The minimum Gasteiger partial charge on any atom is -0.243 e. The summed E-state index contributed by atoms with van der Waals surface area (Å²) in [5, 5.41) is 0.668. The second-order valence-electron chi connectivity index (χ2n) is 2.92. The van der Waals surface area contributed by atoms with Crippen molar-refractivity contribution in [2.45, 2.75) is 20.3 Å². The van der Waals surface area contributed by atoms with E-state index in [1.165, 1.54) is 6.33 Å². The molecule has 0 unspecified atom stereocenters. The quantitative estimate of drug-likeness (QED) is 0.681. The molecule has 0 fully saturated rings. The lowest BCUT2D eigenvalue weighted by molar-refractivity contribution is 0.634. The van der Waals surface area contributed by atoms with Gasteiger partial charge in [0.05, 0.1) is 10.7 Å². The molecule has 0 atom stereocenters. The molecular formula is C8H11ClN2. The van der Waals surface area contributed by atoms with Crippen molar-refractivity contribution in [1.29, 1.82) is 0 Å². The molecule has 1 heterocycles. The Labute approximate surface area is 71.6 Å². The number of aromatic nitrogens is 2. The SMILES string of the molecule is CC(C)Cc1ncncc1Cl. The summed E-state index contributed by atoms with van der Waals surface area (Å²) in [7, 11) is 0. The normalized spacial score (nSPS) is 10.5. The zero-order valence-corrected chi connectivity index (χ0v) is 7.47. The molecule has 0 aliphatic heterocycles. The average Bonchev–Trinajstić information content (AvgIpc) is 1.93. The van der Waals surface area contributed by atoms with Crippen molar-refractivity contribution >= 4 is 11.6 Å².